The molecule has 2 aromatic rings. The van der Waals surface area contributed by atoms with Gasteiger partial charge in [-0.05, 0) is 44.9 Å². The molecule has 7 nitrogen and oxygen atoms in total. The highest BCUT2D eigenvalue weighted by atomic mass is 32.2. The van der Waals surface area contributed by atoms with E-state index in [0.717, 1.165) is 24.2 Å². The van der Waals surface area contributed by atoms with Crippen LogP contribution in [0.1, 0.15) is 65.6 Å². The van der Waals surface area contributed by atoms with Gasteiger partial charge in [-0.15, -0.1) is 0 Å². The van der Waals surface area contributed by atoms with Crippen LogP contribution in [0.3, 0.4) is 0 Å². The van der Waals surface area contributed by atoms with Gasteiger partial charge in [0.1, 0.15) is 5.82 Å². The molecular weight excluding hydrogens is 412 g/mol. The molecule has 8 heteroatoms. The molecule has 1 aliphatic rings. The first-order valence-electron chi connectivity index (χ1n) is 11.5. The van der Waals surface area contributed by atoms with Gasteiger partial charge in [0.2, 0.25) is 15.9 Å². The Balaban J connectivity index is 1.80. The van der Waals surface area contributed by atoms with Crippen LogP contribution < -0.4 is 0 Å². The Morgan fingerprint density at radius 2 is 1.84 bits per heavy atom. The van der Waals surface area contributed by atoms with Gasteiger partial charge in [0.15, 0.2) is 0 Å². The fourth-order valence-corrected chi connectivity index (χ4v) is 6.25. The summed E-state index contributed by atoms with van der Waals surface area (Å²) in [6.45, 7) is 8.70. The summed E-state index contributed by atoms with van der Waals surface area (Å²) in [7, 11) is -1.61. The van der Waals surface area contributed by atoms with E-state index in [1.165, 1.54) is 17.1 Å². The Hall–Kier alpha value is -1.93. The van der Waals surface area contributed by atoms with Gasteiger partial charge in [0.05, 0.1) is 15.9 Å². The highest BCUT2D eigenvalue weighted by molar-refractivity contribution is 7.89. The van der Waals surface area contributed by atoms with Gasteiger partial charge < -0.3 is 9.47 Å². The predicted molar refractivity (Wildman–Crippen MR) is 123 cm³/mol. The van der Waals surface area contributed by atoms with E-state index in [-0.39, 0.29) is 16.8 Å². The number of carbonyl (C=O) groups excluding carboxylic acids is 1. The molecule has 1 amide bonds. The molecule has 1 fully saturated rings. The number of aryl methyl sites for hydroxylation is 2. The zero-order valence-electron chi connectivity index (χ0n) is 19.5. The monoisotopic (exact) mass is 448 g/mol. The van der Waals surface area contributed by atoms with Crippen molar-refractivity contribution in [3.63, 3.8) is 0 Å². The maximum Gasteiger partial charge on any atom is 0.243 e. The smallest absolute Gasteiger partial charge is 0.243 e. The van der Waals surface area contributed by atoms with Crippen molar-refractivity contribution in [2.75, 3.05) is 13.1 Å². The van der Waals surface area contributed by atoms with Gasteiger partial charge in [-0.2, -0.15) is 4.31 Å². The number of fused-ring (bicyclic) bond motifs is 1. The second-order valence-corrected chi connectivity index (χ2v) is 10.6. The molecule has 0 atom stereocenters. The van der Waals surface area contributed by atoms with Crippen LogP contribution in [0.15, 0.2) is 23.1 Å². The Labute approximate surface area is 186 Å². The van der Waals surface area contributed by atoms with Crippen molar-refractivity contribution in [3.05, 3.63) is 24.0 Å². The highest BCUT2D eigenvalue weighted by Crippen LogP contribution is 2.27. The standard InChI is InChI=1S/C23H36N4O3S/c1-6-26(7-2)31(29,30)19-12-13-21-20(16-19)24-22(25(21)5)14-15-23(28)27(17(3)4)18-10-8-9-11-18/h12-13,16-18H,6-11,14-15H2,1-5H3. The number of nitrogens with zero attached hydrogens (tertiary/aromatic N) is 4. The molecule has 31 heavy (non-hydrogen) atoms. The van der Waals surface area contributed by atoms with E-state index in [2.05, 4.69) is 23.7 Å². The maximum atomic E-state index is 13.0. The van der Waals surface area contributed by atoms with Crippen LogP contribution in [0.25, 0.3) is 11.0 Å². The lowest BCUT2D eigenvalue weighted by Crippen LogP contribution is -2.43. The number of aromatic nitrogens is 2. The van der Waals surface area contributed by atoms with Crippen LogP contribution in [0.2, 0.25) is 0 Å². The molecule has 1 saturated carbocycles. The number of amides is 1. The Morgan fingerprint density at radius 3 is 2.42 bits per heavy atom. The topological polar surface area (TPSA) is 75.5 Å². The summed E-state index contributed by atoms with van der Waals surface area (Å²) in [4.78, 5) is 20.0. The fourth-order valence-electron chi connectivity index (χ4n) is 4.77. The molecule has 3 rings (SSSR count). The summed E-state index contributed by atoms with van der Waals surface area (Å²) in [6, 6.07) is 5.66. The summed E-state index contributed by atoms with van der Waals surface area (Å²) in [6.07, 6.45) is 5.55. The number of hydrogen-bond acceptors (Lipinski definition) is 4. The number of benzene rings is 1. The van der Waals surface area contributed by atoms with Crippen LogP contribution in [-0.4, -0.2) is 58.3 Å². The van der Waals surface area contributed by atoms with Gasteiger partial charge in [-0.3, -0.25) is 4.79 Å². The van der Waals surface area contributed by atoms with Crippen LogP contribution in [0, 0.1) is 0 Å². The van der Waals surface area contributed by atoms with E-state index < -0.39 is 10.0 Å². The summed E-state index contributed by atoms with van der Waals surface area (Å²) in [5, 5.41) is 0. The first kappa shape index (κ1) is 23.7. The average Bonchev–Trinajstić information content (AvgIpc) is 3.35. The lowest BCUT2D eigenvalue weighted by molar-refractivity contribution is -0.135. The molecule has 1 aliphatic carbocycles. The average molecular weight is 449 g/mol. The minimum Gasteiger partial charge on any atom is -0.337 e. The van der Waals surface area contributed by atoms with Gasteiger partial charge in [-0.25, -0.2) is 13.4 Å². The second kappa shape index (κ2) is 9.69. The first-order valence-corrected chi connectivity index (χ1v) is 12.9. The molecule has 0 radical (unpaired) electrons. The number of sulfonamides is 1. The number of rotatable bonds is 9. The molecule has 0 N–H and O–H groups in total. The molecule has 1 aromatic heterocycles. The number of imidazole rings is 1. The maximum absolute atomic E-state index is 13.0. The second-order valence-electron chi connectivity index (χ2n) is 8.66. The lowest BCUT2D eigenvalue weighted by Gasteiger charge is -2.33. The summed E-state index contributed by atoms with van der Waals surface area (Å²) in [5.41, 5.74) is 1.52. The van der Waals surface area contributed by atoms with Gasteiger partial charge in [0, 0.05) is 45.1 Å². The quantitative estimate of drug-likeness (QED) is 0.586. The largest absolute Gasteiger partial charge is 0.337 e. The van der Waals surface area contributed by atoms with Crippen LogP contribution >= 0.6 is 0 Å². The molecule has 0 aliphatic heterocycles. The van der Waals surface area contributed by atoms with E-state index in [4.69, 9.17) is 0 Å². The van der Waals surface area contributed by atoms with Crippen molar-refractivity contribution < 1.29 is 13.2 Å². The minimum absolute atomic E-state index is 0.179. The van der Waals surface area contributed by atoms with Crippen LogP contribution in [0.5, 0.6) is 0 Å². The van der Waals surface area contributed by atoms with Gasteiger partial charge in [-0.1, -0.05) is 26.7 Å². The third-order valence-corrected chi connectivity index (χ3v) is 8.46. The van der Waals surface area contributed by atoms with Crippen LogP contribution in [0.4, 0.5) is 0 Å². The van der Waals surface area contributed by atoms with Crippen molar-refractivity contribution in [2.45, 2.75) is 83.2 Å². The lowest BCUT2D eigenvalue weighted by atomic mass is 10.1. The zero-order chi connectivity index (χ0) is 22.8. The van der Waals surface area contributed by atoms with E-state index >= 15 is 0 Å². The molecule has 0 bridgehead atoms. The molecule has 1 aromatic carbocycles. The summed E-state index contributed by atoms with van der Waals surface area (Å²) >= 11 is 0. The number of carbonyl (C=O) groups is 1. The first-order chi connectivity index (χ1) is 14.7. The summed E-state index contributed by atoms with van der Waals surface area (Å²) < 4.78 is 29.1. The number of hydrogen-bond donors (Lipinski definition) is 0. The molecular formula is C23H36N4O3S. The fraction of sp³-hybridized carbons (Fsp3) is 0.652. The molecule has 1 heterocycles. The van der Waals surface area contributed by atoms with E-state index in [1.807, 2.05) is 31.5 Å². The molecule has 172 valence electrons. The Kier molecular flexibility index (Phi) is 7.42. The molecule has 0 spiro atoms. The van der Waals surface area contributed by atoms with Gasteiger partial charge >= 0.3 is 0 Å². The molecule has 0 saturated heterocycles. The summed E-state index contributed by atoms with van der Waals surface area (Å²) in [5.74, 6) is 0.981. The van der Waals surface area contributed by atoms with Crippen molar-refractivity contribution >= 4 is 27.0 Å². The van der Waals surface area contributed by atoms with Crippen LogP contribution in [-0.2, 0) is 28.3 Å². The van der Waals surface area contributed by atoms with Crippen molar-refractivity contribution in [1.82, 2.24) is 18.8 Å². The Bertz CT molecular complexity index is 1020. The van der Waals surface area contributed by atoms with E-state index in [0.29, 0.717) is 37.5 Å². The van der Waals surface area contributed by atoms with Crippen molar-refractivity contribution in [3.8, 4) is 0 Å². The van der Waals surface area contributed by atoms with E-state index in [1.54, 1.807) is 12.1 Å². The van der Waals surface area contributed by atoms with E-state index in [9.17, 15) is 13.2 Å². The third kappa shape index (κ3) is 4.80. The van der Waals surface area contributed by atoms with Crippen molar-refractivity contribution in [1.29, 1.82) is 0 Å². The highest BCUT2D eigenvalue weighted by Gasteiger charge is 2.29. The third-order valence-electron chi connectivity index (χ3n) is 6.41. The SMILES string of the molecule is CCN(CC)S(=O)(=O)c1ccc2c(c1)nc(CCC(=O)N(C(C)C)C1CCCC1)n2C. The zero-order valence-corrected chi connectivity index (χ0v) is 20.3. The van der Waals surface area contributed by atoms with Gasteiger partial charge in [0.25, 0.3) is 0 Å². The normalized spacial score (nSPS) is 15.5. The Morgan fingerprint density at radius 1 is 1.19 bits per heavy atom. The minimum atomic E-state index is -3.53. The van der Waals surface area contributed by atoms with Crippen molar-refractivity contribution in [2.24, 2.45) is 7.05 Å². The predicted octanol–water partition coefficient (Wildman–Crippen LogP) is 3.72. The molecule has 0 unspecified atom stereocenters.